The minimum absolute atomic E-state index is 0.287. The summed E-state index contributed by atoms with van der Waals surface area (Å²) in [6, 6.07) is 0. The first-order chi connectivity index (χ1) is 8.56. The molecule has 98 valence electrons. The lowest BCUT2D eigenvalue weighted by Crippen LogP contribution is -1.96. The van der Waals surface area contributed by atoms with E-state index in [1.165, 1.54) is 0 Å². The SMILES string of the molecule is Cc1nnc(C(C)CCc2nnc(C(C)C)o2)s1. The molecule has 0 radical (unpaired) electrons. The second-order valence-corrected chi connectivity index (χ2v) is 6.00. The lowest BCUT2D eigenvalue weighted by Gasteiger charge is -2.04. The molecule has 0 aromatic carbocycles. The van der Waals surface area contributed by atoms with Crippen LogP contribution in [0.2, 0.25) is 0 Å². The smallest absolute Gasteiger partial charge is 0.219 e. The van der Waals surface area contributed by atoms with Crippen LogP contribution in [0.25, 0.3) is 0 Å². The maximum atomic E-state index is 5.58. The third-order valence-corrected chi connectivity index (χ3v) is 3.80. The Morgan fingerprint density at radius 3 is 2.44 bits per heavy atom. The first kappa shape index (κ1) is 13.1. The lowest BCUT2D eigenvalue weighted by atomic mass is 10.1. The fraction of sp³-hybridized carbons (Fsp3) is 0.667. The largest absolute Gasteiger partial charge is 0.425 e. The molecule has 6 heteroatoms. The maximum Gasteiger partial charge on any atom is 0.219 e. The van der Waals surface area contributed by atoms with Gasteiger partial charge in [0, 0.05) is 18.3 Å². The van der Waals surface area contributed by atoms with Gasteiger partial charge in [-0.05, 0) is 13.3 Å². The molecule has 0 spiro atoms. The molecule has 1 atom stereocenters. The Kier molecular flexibility index (Phi) is 4.06. The molecule has 18 heavy (non-hydrogen) atoms. The van der Waals surface area contributed by atoms with Gasteiger partial charge in [0.2, 0.25) is 11.8 Å². The Balaban J connectivity index is 1.90. The summed E-state index contributed by atoms with van der Waals surface area (Å²) in [6.07, 6.45) is 1.74. The predicted molar refractivity (Wildman–Crippen MR) is 69.8 cm³/mol. The maximum absolute atomic E-state index is 5.58. The number of aryl methyl sites for hydroxylation is 2. The standard InChI is InChI=1S/C12H18N4OS/c1-7(2)11-15-14-10(17-11)6-5-8(3)12-16-13-9(4)18-12/h7-8H,5-6H2,1-4H3. The Morgan fingerprint density at radius 2 is 1.89 bits per heavy atom. The van der Waals surface area contributed by atoms with Crippen LogP contribution >= 0.6 is 11.3 Å². The fourth-order valence-electron chi connectivity index (χ4n) is 1.58. The molecule has 5 nitrogen and oxygen atoms in total. The first-order valence-corrected chi connectivity index (χ1v) is 7.00. The van der Waals surface area contributed by atoms with Crippen molar-refractivity contribution in [3.8, 4) is 0 Å². The molecular weight excluding hydrogens is 248 g/mol. The van der Waals surface area contributed by atoms with Gasteiger partial charge in [-0.25, -0.2) is 0 Å². The molecule has 0 bridgehead atoms. The average Bonchev–Trinajstić information content (AvgIpc) is 2.94. The Hall–Kier alpha value is -1.30. The normalized spacial score (nSPS) is 13.2. The van der Waals surface area contributed by atoms with E-state index in [4.69, 9.17) is 4.42 Å². The van der Waals surface area contributed by atoms with Crippen molar-refractivity contribution >= 4 is 11.3 Å². The highest BCUT2D eigenvalue weighted by molar-refractivity contribution is 7.11. The zero-order valence-electron chi connectivity index (χ0n) is 11.2. The lowest BCUT2D eigenvalue weighted by molar-refractivity contribution is 0.423. The number of aromatic nitrogens is 4. The highest BCUT2D eigenvalue weighted by Gasteiger charge is 2.14. The molecular formula is C12H18N4OS. The summed E-state index contributed by atoms with van der Waals surface area (Å²) in [7, 11) is 0. The van der Waals surface area contributed by atoms with E-state index in [9.17, 15) is 0 Å². The van der Waals surface area contributed by atoms with Gasteiger partial charge in [-0.15, -0.1) is 31.7 Å². The molecule has 2 rings (SSSR count). The molecule has 0 amide bonds. The zero-order valence-corrected chi connectivity index (χ0v) is 12.0. The molecule has 0 fully saturated rings. The van der Waals surface area contributed by atoms with Gasteiger partial charge in [0.25, 0.3) is 0 Å². The van der Waals surface area contributed by atoms with Crippen LogP contribution in [0.4, 0.5) is 0 Å². The fourth-order valence-corrected chi connectivity index (χ4v) is 2.36. The highest BCUT2D eigenvalue weighted by Crippen LogP contribution is 2.24. The van der Waals surface area contributed by atoms with Crippen LogP contribution < -0.4 is 0 Å². The minimum atomic E-state index is 0.287. The molecule has 2 heterocycles. The van der Waals surface area contributed by atoms with E-state index in [1.54, 1.807) is 11.3 Å². The molecule has 2 aromatic rings. The summed E-state index contributed by atoms with van der Waals surface area (Å²) in [5.41, 5.74) is 0. The summed E-state index contributed by atoms with van der Waals surface area (Å²) in [5.74, 6) is 2.09. The van der Waals surface area contributed by atoms with Crippen molar-refractivity contribution in [2.75, 3.05) is 0 Å². The van der Waals surface area contributed by atoms with Gasteiger partial charge in [0.05, 0.1) is 0 Å². The highest BCUT2D eigenvalue weighted by atomic mass is 32.1. The minimum Gasteiger partial charge on any atom is -0.425 e. The van der Waals surface area contributed by atoms with Gasteiger partial charge in [0.1, 0.15) is 10.0 Å². The third-order valence-electron chi connectivity index (χ3n) is 2.73. The zero-order chi connectivity index (χ0) is 13.1. The van der Waals surface area contributed by atoms with Crippen molar-refractivity contribution in [1.29, 1.82) is 0 Å². The van der Waals surface area contributed by atoms with Crippen LogP contribution in [0.3, 0.4) is 0 Å². The van der Waals surface area contributed by atoms with Crippen LogP contribution in [0.15, 0.2) is 4.42 Å². The molecule has 0 saturated carbocycles. The van der Waals surface area contributed by atoms with Gasteiger partial charge in [-0.1, -0.05) is 20.8 Å². The third kappa shape index (κ3) is 3.13. The Labute approximate surface area is 111 Å². The molecule has 2 aromatic heterocycles. The molecule has 0 aliphatic heterocycles. The molecule has 0 saturated heterocycles. The Bertz CT molecular complexity index is 506. The van der Waals surface area contributed by atoms with E-state index < -0.39 is 0 Å². The molecule has 0 aliphatic rings. The van der Waals surface area contributed by atoms with Gasteiger partial charge >= 0.3 is 0 Å². The summed E-state index contributed by atoms with van der Waals surface area (Å²) in [5, 5.41) is 18.4. The summed E-state index contributed by atoms with van der Waals surface area (Å²) >= 11 is 1.65. The monoisotopic (exact) mass is 266 g/mol. The van der Waals surface area contributed by atoms with E-state index in [1.807, 2.05) is 20.8 Å². The molecule has 1 unspecified atom stereocenters. The van der Waals surface area contributed by atoms with Crippen LogP contribution in [-0.4, -0.2) is 20.4 Å². The second kappa shape index (κ2) is 5.56. The van der Waals surface area contributed by atoms with Crippen LogP contribution in [0.1, 0.15) is 60.8 Å². The van der Waals surface area contributed by atoms with Gasteiger partial charge in [-0.3, -0.25) is 0 Å². The van der Waals surface area contributed by atoms with Crippen molar-refractivity contribution < 1.29 is 4.42 Å². The molecule has 0 N–H and O–H groups in total. The number of hydrogen-bond acceptors (Lipinski definition) is 6. The van der Waals surface area contributed by atoms with Crippen molar-refractivity contribution in [2.24, 2.45) is 0 Å². The first-order valence-electron chi connectivity index (χ1n) is 6.18. The van der Waals surface area contributed by atoms with Crippen molar-refractivity contribution in [3.63, 3.8) is 0 Å². The van der Waals surface area contributed by atoms with Gasteiger partial charge in [0.15, 0.2) is 0 Å². The Morgan fingerprint density at radius 1 is 1.11 bits per heavy atom. The number of rotatable bonds is 5. The van der Waals surface area contributed by atoms with Gasteiger partial charge < -0.3 is 4.42 Å². The van der Waals surface area contributed by atoms with Crippen molar-refractivity contribution in [3.05, 3.63) is 21.8 Å². The second-order valence-electron chi connectivity index (χ2n) is 4.79. The topological polar surface area (TPSA) is 64.7 Å². The van der Waals surface area contributed by atoms with Crippen LogP contribution in [-0.2, 0) is 6.42 Å². The summed E-state index contributed by atoms with van der Waals surface area (Å²) in [4.78, 5) is 0. The summed E-state index contributed by atoms with van der Waals surface area (Å²) in [6.45, 7) is 8.22. The number of hydrogen-bond donors (Lipinski definition) is 0. The predicted octanol–water partition coefficient (Wildman–Crippen LogP) is 3.09. The van der Waals surface area contributed by atoms with Crippen molar-refractivity contribution in [1.82, 2.24) is 20.4 Å². The van der Waals surface area contributed by atoms with E-state index >= 15 is 0 Å². The van der Waals surface area contributed by atoms with Gasteiger partial charge in [-0.2, -0.15) is 0 Å². The van der Waals surface area contributed by atoms with E-state index in [0.717, 1.165) is 22.9 Å². The average molecular weight is 266 g/mol. The van der Waals surface area contributed by atoms with Crippen LogP contribution in [0.5, 0.6) is 0 Å². The van der Waals surface area contributed by atoms with Crippen LogP contribution in [0, 0.1) is 6.92 Å². The van der Waals surface area contributed by atoms with E-state index in [0.29, 0.717) is 17.7 Å². The van der Waals surface area contributed by atoms with E-state index in [-0.39, 0.29) is 5.92 Å². The number of nitrogens with zero attached hydrogens (tertiary/aromatic N) is 4. The van der Waals surface area contributed by atoms with E-state index in [2.05, 4.69) is 27.3 Å². The van der Waals surface area contributed by atoms with Crippen molar-refractivity contribution in [2.45, 2.75) is 52.4 Å². The summed E-state index contributed by atoms with van der Waals surface area (Å²) < 4.78 is 5.58. The molecule has 0 aliphatic carbocycles. The quantitative estimate of drug-likeness (QED) is 0.832.